The summed E-state index contributed by atoms with van der Waals surface area (Å²) in [5, 5.41) is 8.71. The van der Waals surface area contributed by atoms with E-state index in [4.69, 9.17) is 19.0 Å². The molecule has 0 atom stereocenters. The quantitative estimate of drug-likeness (QED) is 0.721. The van der Waals surface area contributed by atoms with Crippen LogP contribution in [0, 0.1) is 6.92 Å². The van der Waals surface area contributed by atoms with E-state index in [1.54, 1.807) is 6.92 Å². The van der Waals surface area contributed by atoms with Crippen LogP contribution >= 0.6 is 0 Å². The van der Waals surface area contributed by atoms with Crippen molar-refractivity contribution in [3.05, 3.63) is 23.2 Å². The number of carboxylic acid groups (broad SMARTS) is 1. The minimum atomic E-state index is -1.07. The summed E-state index contributed by atoms with van der Waals surface area (Å²) in [7, 11) is 0. The lowest BCUT2D eigenvalue weighted by molar-refractivity contribution is 0.0449. The van der Waals surface area contributed by atoms with Gasteiger partial charge in [0.15, 0.2) is 0 Å². The number of aryl methyl sites for hydroxylation is 1. The first-order valence-electron chi connectivity index (χ1n) is 5.13. The first-order chi connectivity index (χ1) is 7.65. The minimum absolute atomic E-state index is 0.0547. The molecule has 1 rings (SSSR count). The van der Waals surface area contributed by atoms with Gasteiger partial charge in [0.2, 0.25) is 5.76 Å². The molecule has 0 radical (unpaired) electrons. The average molecular weight is 228 g/mol. The molecule has 5 heteroatoms. The van der Waals surface area contributed by atoms with Crippen molar-refractivity contribution in [2.24, 2.45) is 0 Å². The summed E-state index contributed by atoms with van der Waals surface area (Å²) >= 11 is 0. The third-order valence-corrected chi connectivity index (χ3v) is 2.07. The van der Waals surface area contributed by atoms with E-state index in [0.717, 1.165) is 5.56 Å². The van der Waals surface area contributed by atoms with Gasteiger partial charge >= 0.3 is 5.97 Å². The van der Waals surface area contributed by atoms with Gasteiger partial charge in [0.05, 0.1) is 19.8 Å². The summed E-state index contributed by atoms with van der Waals surface area (Å²) in [5.41, 5.74) is 0.758. The first kappa shape index (κ1) is 12.7. The van der Waals surface area contributed by atoms with Gasteiger partial charge in [-0.05, 0) is 19.9 Å². The summed E-state index contributed by atoms with van der Waals surface area (Å²) in [5.74, 6) is -0.543. The van der Waals surface area contributed by atoms with E-state index in [9.17, 15) is 4.79 Å². The molecule has 0 aliphatic carbocycles. The molecule has 1 heterocycles. The van der Waals surface area contributed by atoms with E-state index in [2.05, 4.69) is 0 Å². The van der Waals surface area contributed by atoms with E-state index in [1.807, 2.05) is 6.92 Å². The molecule has 16 heavy (non-hydrogen) atoms. The van der Waals surface area contributed by atoms with Gasteiger partial charge in [-0.15, -0.1) is 0 Å². The number of rotatable bonds is 7. The number of hydrogen-bond acceptors (Lipinski definition) is 4. The molecule has 1 aromatic rings. The summed E-state index contributed by atoms with van der Waals surface area (Å²) < 4.78 is 15.5. The van der Waals surface area contributed by atoms with Crippen LogP contribution in [0.15, 0.2) is 10.5 Å². The van der Waals surface area contributed by atoms with E-state index >= 15 is 0 Å². The predicted octanol–water partition coefficient (Wildman–Crippen LogP) is 1.84. The van der Waals surface area contributed by atoms with E-state index in [-0.39, 0.29) is 5.76 Å². The second kappa shape index (κ2) is 6.30. The topological polar surface area (TPSA) is 68.9 Å². The van der Waals surface area contributed by atoms with Gasteiger partial charge in [-0.25, -0.2) is 4.79 Å². The number of furan rings is 1. The second-order valence-electron chi connectivity index (χ2n) is 3.25. The highest BCUT2D eigenvalue weighted by Crippen LogP contribution is 2.15. The van der Waals surface area contributed by atoms with Crippen molar-refractivity contribution in [3.8, 4) is 0 Å². The summed E-state index contributed by atoms with van der Waals surface area (Å²) in [4.78, 5) is 10.6. The fourth-order valence-corrected chi connectivity index (χ4v) is 1.21. The van der Waals surface area contributed by atoms with Crippen LogP contribution in [0.2, 0.25) is 0 Å². The Bertz CT molecular complexity index is 342. The average Bonchev–Trinajstić information content (AvgIpc) is 2.60. The highest BCUT2D eigenvalue weighted by molar-refractivity contribution is 5.84. The van der Waals surface area contributed by atoms with E-state index in [0.29, 0.717) is 32.2 Å². The molecule has 0 spiro atoms. The molecule has 0 fully saturated rings. The highest BCUT2D eigenvalue weighted by atomic mass is 16.5. The second-order valence-corrected chi connectivity index (χ2v) is 3.25. The Kier molecular flexibility index (Phi) is 5.01. The first-order valence-corrected chi connectivity index (χ1v) is 5.13. The maximum Gasteiger partial charge on any atom is 0.371 e. The predicted molar refractivity (Wildman–Crippen MR) is 56.6 cm³/mol. The number of carbonyl (C=O) groups is 1. The zero-order valence-electron chi connectivity index (χ0n) is 9.49. The van der Waals surface area contributed by atoms with Crippen LogP contribution in [-0.4, -0.2) is 30.9 Å². The lowest BCUT2D eigenvalue weighted by Crippen LogP contribution is -2.04. The van der Waals surface area contributed by atoms with Gasteiger partial charge in [0, 0.05) is 12.2 Å². The van der Waals surface area contributed by atoms with Crippen molar-refractivity contribution in [2.75, 3.05) is 19.8 Å². The molecule has 0 saturated carbocycles. The highest BCUT2D eigenvalue weighted by Gasteiger charge is 2.12. The lowest BCUT2D eigenvalue weighted by atomic mass is 10.2. The Morgan fingerprint density at radius 3 is 2.69 bits per heavy atom. The Morgan fingerprint density at radius 2 is 2.12 bits per heavy atom. The molecule has 0 aliphatic rings. The van der Waals surface area contributed by atoms with Crippen molar-refractivity contribution in [2.45, 2.75) is 20.5 Å². The largest absolute Gasteiger partial charge is 0.475 e. The van der Waals surface area contributed by atoms with Crippen molar-refractivity contribution in [1.29, 1.82) is 0 Å². The SMILES string of the molecule is CCOCCOCc1cc(C(=O)O)oc1C. The van der Waals surface area contributed by atoms with Gasteiger partial charge in [-0.3, -0.25) is 0 Å². The zero-order chi connectivity index (χ0) is 12.0. The van der Waals surface area contributed by atoms with Crippen molar-refractivity contribution in [3.63, 3.8) is 0 Å². The lowest BCUT2D eigenvalue weighted by Gasteiger charge is -2.02. The third-order valence-electron chi connectivity index (χ3n) is 2.07. The van der Waals surface area contributed by atoms with Crippen LogP contribution in [0.5, 0.6) is 0 Å². The number of carboxylic acids is 1. The molecule has 0 aromatic carbocycles. The number of aromatic carboxylic acids is 1. The van der Waals surface area contributed by atoms with Crippen LogP contribution in [-0.2, 0) is 16.1 Å². The Labute approximate surface area is 94.0 Å². The van der Waals surface area contributed by atoms with E-state index < -0.39 is 5.97 Å². The van der Waals surface area contributed by atoms with Gasteiger partial charge < -0.3 is 19.0 Å². The molecule has 5 nitrogen and oxygen atoms in total. The smallest absolute Gasteiger partial charge is 0.371 e. The van der Waals surface area contributed by atoms with Crippen LogP contribution in [0.25, 0.3) is 0 Å². The third kappa shape index (κ3) is 3.67. The molecule has 1 aromatic heterocycles. The normalized spacial score (nSPS) is 10.6. The van der Waals surface area contributed by atoms with Crippen LogP contribution in [0.3, 0.4) is 0 Å². The fourth-order valence-electron chi connectivity index (χ4n) is 1.21. The Morgan fingerprint density at radius 1 is 1.44 bits per heavy atom. The van der Waals surface area contributed by atoms with Gasteiger partial charge in [0.1, 0.15) is 5.76 Å². The summed E-state index contributed by atoms with van der Waals surface area (Å²) in [6, 6.07) is 1.48. The fraction of sp³-hybridized carbons (Fsp3) is 0.545. The zero-order valence-corrected chi connectivity index (χ0v) is 9.49. The van der Waals surface area contributed by atoms with Crippen molar-refractivity contribution >= 4 is 5.97 Å². The molecule has 90 valence electrons. The van der Waals surface area contributed by atoms with Crippen molar-refractivity contribution < 1.29 is 23.8 Å². The van der Waals surface area contributed by atoms with Gasteiger partial charge in [-0.1, -0.05) is 0 Å². The Hall–Kier alpha value is -1.33. The van der Waals surface area contributed by atoms with Crippen LogP contribution in [0.4, 0.5) is 0 Å². The maximum atomic E-state index is 10.6. The standard InChI is InChI=1S/C11H16O5/c1-3-14-4-5-15-7-9-6-10(11(12)13)16-8(9)2/h6H,3-5,7H2,1-2H3,(H,12,13). The molecule has 0 amide bonds. The molecule has 0 bridgehead atoms. The van der Waals surface area contributed by atoms with E-state index in [1.165, 1.54) is 6.07 Å². The monoisotopic (exact) mass is 228 g/mol. The summed E-state index contributed by atoms with van der Waals surface area (Å²) in [6.07, 6.45) is 0. The number of hydrogen-bond donors (Lipinski definition) is 1. The molecule has 0 aliphatic heterocycles. The molecule has 1 N–H and O–H groups in total. The Balaban J connectivity index is 2.39. The molecular weight excluding hydrogens is 212 g/mol. The maximum absolute atomic E-state index is 10.6. The summed E-state index contributed by atoms with van der Waals surface area (Å²) in [6.45, 7) is 5.67. The van der Waals surface area contributed by atoms with Gasteiger partial charge in [0.25, 0.3) is 0 Å². The molecular formula is C11H16O5. The van der Waals surface area contributed by atoms with Crippen molar-refractivity contribution in [1.82, 2.24) is 0 Å². The minimum Gasteiger partial charge on any atom is -0.475 e. The molecule has 0 unspecified atom stereocenters. The van der Waals surface area contributed by atoms with Crippen LogP contribution < -0.4 is 0 Å². The molecule has 0 saturated heterocycles. The van der Waals surface area contributed by atoms with Crippen LogP contribution in [0.1, 0.15) is 28.8 Å². The van der Waals surface area contributed by atoms with Gasteiger partial charge in [-0.2, -0.15) is 0 Å². The number of ether oxygens (including phenoxy) is 2.